The summed E-state index contributed by atoms with van der Waals surface area (Å²) in [7, 11) is 0. The molecule has 2 saturated carbocycles. The highest BCUT2D eigenvalue weighted by atomic mass is 16.8. The Labute approximate surface area is 135 Å². The van der Waals surface area contributed by atoms with Crippen LogP contribution in [0.2, 0.25) is 0 Å². The molecule has 5 fully saturated rings. The summed E-state index contributed by atoms with van der Waals surface area (Å²) in [6.07, 6.45) is 1.02. The number of rotatable bonds is 1. The summed E-state index contributed by atoms with van der Waals surface area (Å²) in [5.74, 6) is -1.14. The lowest BCUT2D eigenvalue weighted by Crippen LogP contribution is -2.63. The summed E-state index contributed by atoms with van der Waals surface area (Å²) < 4.78 is 23.3. The number of carbonyl (C=O) groups is 1. The van der Waals surface area contributed by atoms with Crippen molar-refractivity contribution in [3.8, 4) is 0 Å². The van der Waals surface area contributed by atoms with E-state index in [0.29, 0.717) is 19.4 Å². The van der Waals surface area contributed by atoms with Crippen LogP contribution in [0.25, 0.3) is 0 Å². The molecule has 0 amide bonds. The third-order valence-electron chi connectivity index (χ3n) is 7.52. The van der Waals surface area contributed by atoms with Gasteiger partial charge in [0.2, 0.25) is 0 Å². The summed E-state index contributed by atoms with van der Waals surface area (Å²) in [5.41, 5.74) is -1.13. The topological polar surface area (TPSA) is 80.8 Å². The lowest BCUT2D eigenvalue weighted by molar-refractivity contribution is -0.280. The molecule has 6 nitrogen and oxygen atoms in total. The number of epoxide rings is 2. The number of hydrogen-bond donors (Lipinski definition) is 1. The van der Waals surface area contributed by atoms with Gasteiger partial charge in [-0.15, -0.1) is 0 Å². The second-order valence-corrected chi connectivity index (χ2v) is 8.65. The van der Waals surface area contributed by atoms with Crippen molar-refractivity contribution in [3.63, 3.8) is 0 Å². The zero-order valence-electron chi connectivity index (χ0n) is 14.0. The highest BCUT2D eigenvalue weighted by Gasteiger charge is 2.87. The van der Waals surface area contributed by atoms with E-state index in [1.807, 2.05) is 6.92 Å². The minimum atomic E-state index is -1.21. The maximum atomic E-state index is 11.5. The van der Waals surface area contributed by atoms with E-state index >= 15 is 0 Å². The van der Waals surface area contributed by atoms with E-state index in [4.69, 9.17) is 18.9 Å². The van der Waals surface area contributed by atoms with Crippen LogP contribution in [-0.2, 0) is 23.7 Å². The molecule has 0 bridgehead atoms. The molecular formula is C17H24O6. The molecule has 23 heavy (non-hydrogen) atoms. The van der Waals surface area contributed by atoms with Crippen molar-refractivity contribution in [2.75, 3.05) is 6.61 Å². The fourth-order valence-corrected chi connectivity index (χ4v) is 5.89. The van der Waals surface area contributed by atoms with Gasteiger partial charge in [-0.3, -0.25) is 4.79 Å². The average molecular weight is 324 g/mol. The molecule has 0 aromatic heterocycles. The quantitative estimate of drug-likeness (QED) is 0.572. The zero-order chi connectivity index (χ0) is 16.4. The van der Waals surface area contributed by atoms with E-state index < -0.39 is 17.0 Å². The lowest BCUT2D eigenvalue weighted by atomic mass is 9.51. The number of fused-ring (bicyclic) bond motifs is 3. The highest BCUT2D eigenvalue weighted by molar-refractivity contribution is 5.66. The Kier molecular flexibility index (Phi) is 2.40. The van der Waals surface area contributed by atoms with E-state index in [9.17, 15) is 9.90 Å². The van der Waals surface area contributed by atoms with Gasteiger partial charge in [-0.05, 0) is 24.7 Å². The summed E-state index contributed by atoms with van der Waals surface area (Å²) in [6.45, 7) is 8.26. The number of hydrogen-bond acceptors (Lipinski definition) is 6. The fourth-order valence-electron chi connectivity index (χ4n) is 5.89. The van der Waals surface area contributed by atoms with Crippen molar-refractivity contribution < 1.29 is 28.8 Å². The first-order chi connectivity index (χ1) is 10.7. The molecule has 128 valence electrons. The molecule has 1 spiro atoms. The Morgan fingerprint density at radius 3 is 2.70 bits per heavy atom. The molecule has 9 atom stereocenters. The van der Waals surface area contributed by atoms with E-state index in [1.165, 1.54) is 6.92 Å². The zero-order valence-corrected chi connectivity index (χ0v) is 14.0. The molecule has 1 N–H and O–H groups in total. The van der Waals surface area contributed by atoms with Crippen LogP contribution in [0.1, 0.15) is 40.5 Å². The maximum absolute atomic E-state index is 11.5. The smallest absolute Gasteiger partial charge is 0.303 e. The van der Waals surface area contributed by atoms with Crippen molar-refractivity contribution in [3.05, 3.63) is 0 Å². The minimum Gasteiger partial charge on any atom is -0.459 e. The highest BCUT2D eigenvalue weighted by Crippen LogP contribution is 2.73. The van der Waals surface area contributed by atoms with Gasteiger partial charge >= 0.3 is 5.97 Å². The standard InChI is InChI=1S/C17H24O6/c1-8-11(21-9(2)18)13-12(22-13)10-5-17(19)16(6-14(8,10)3)15(4,23-16)7-20-17/h8,10-13,19H,5-7H2,1-4H3/t8-,10?,11+,12-,13+,14+,15+,16+,17+/m0/s1. The monoisotopic (exact) mass is 324 g/mol. The first kappa shape index (κ1) is 14.6. The molecule has 6 heteroatoms. The van der Waals surface area contributed by atoms with Gasteiger partial charge in [0, 0.05) is 19.3 Å². The molecule has 3 aliphatic heterocycles. The largest absolute Gasteiger partial charge is 0.459 e. The Hall–Kier alpha value is -0.690. The summed E-state index contributed by atoms with van der Waals surface area (Å²) in [4.78, 5) is 11.5. The Morgan fingerprint density at radius 1 is 1.30 bits per heavy atom. The third kappa shape index (κ3) is 1.48. The molecule has 1 unspecified atom stereocenters. The number of aliphatic hydroxyl groups is 1. The molecule has 0 aromatic carbocycles. The fraction of sp³-hybridized carbons (Fsp3) is 0.941. The van der Waals surface area contributed by atoms with Gasteiger partial charge < -0.3 is 24.1 Å². The second-order valence-electron chi connectivity index (χ2n) is 8.65. The maximum Gasteiger partial charge on any atom is 0.303 e. The lowest BCUT2D eigenvalue weighted by Gasteiger charge is -2.54. The Morgan fingerprint density at radius 2 is 2.04 bits per heavy atom. The van der Waals surface area contributed by atoms with Crippen molar-refractivity contribution in [1.29, 1.82) is 0 Å². The van der Waals surface area contributed by atoms with Crippen molar-refractivity contribution in [2.24, 2.45) is 17.3 Å². The SMILES string of the molecule is CC(=O)O[C@H]1[C@H]2O[C@H]2C2C[C@@]3(O)OC[C@@]4(C)O[C@]43C[C@]2(C)[C@H]1C. The normalized spacial score (nSPS) is 65.0. The van der Waals surface area contributed by atoms with Gasteiger partial charge in [0.15, 0.2) is 11.4 Å². The van der Waals surface area contributed by atoms with Crippen LogP contribution < -0.4 is 0 Å². The second kappa shape index (κ2) is 3.77. The first-order valence-corrected chi connectivity index (χ1v) is 8.55. The third-order valence-corrected chi connectivity index (χ3v) is 7.52. The van der Waals surface area contributed by atoms with Crippen LogP contribution in [0.15, 0.2) is 0 Å². The van der Waals surface area contributed by atoms with E-state index in [0.717, 1.165) is 0 Å². The molecular weight excluding hydrogens is 300 g/mol. The van der Waals surface area contributed by atoms with E-state index in [1.54, 1.807) is 0 Å². The summed E-state index contributed by atoms with van der Waals surface area (Å²) in [5, 5.41) is 11.1. The van der Waals surface area contributed by atoms with Gasteiger partial charge in [0.05, 0.1) is 12.7 Å². The van der Waals surface area contributed by atoms with Crippen LogP contribution in [0.4, 0.5) is 0 Å². The van der Waals surface area contributed by atoms with E-state index in [2.05, 4.69) is 13.8 Å². The Balaban J connectivity index is 1.52. The summed E-state index contributed by atoms with van der Waals surface area (Å²) in [6, 6.07) is 0. The first-order valence-electron chi connectivity index (χ1n) is 8.55. The predicted octanol–water partition coefficient (Wildman–Crippen LogP) is 0.998. The van der Waals surface area contributed by atoms with Crippen molar-refractivity contribution in [2.45, 2.75) is 75.8 Å². The van der Waals surface area contributed by atoms with Gasteiger partial charge in [-0.25, -0.2) is 0 Å². The van der Waals surface area contributed by atoms with Crippen LogP contribution in [0, 0.1) is 17.3 Å². The number of carbonyl (C=O) groups excluding carboxylic acids is 1. The molecule has 0 aromatic rings. The molecule has 5 aliphatic rings. The molecule has 5 rings (SSSR count). The van der Waals surface area contributed by atoms with Gasteiger partial charge in [0.1, 0.15) is 17.8 Å². The Bertz CT molecular complexity index is 608. The summed E-state index contributed by atoms with van der Waals surface area (Å²) >= 11 is 0. The van der Waals surface area contributed by atoms with Gasteiger partial charge in [-0.1, -0.05) is 13.8 Å². The molecule has 0 radical (unpaired) electrons. The van der Waals surface area contributed by atoms with E-state index in [-0.39, 0.29) is 41.5 Å². The molecule has 2 aliphatic carbocycles. The minimum absolute atomic E-state index is 0.0381. The molecule has 3 heterocycles. The number of ether oxygens (including phenoxy) is 4. The van der Waals surface area contributed by atoms with Crippen molar-refractivity contribution in [1.82, 2.24) is 0 Å². The predicted molar refractivity (Wildman–Crippen MR) is 77.3 cm³/mol. The van der Waals surface area contributed by atoms with Crippen LogP contribution in [0.5, 0.6) is 0 Å². The van der Waals surface area contributed by atoms with Crippen LogP contribution in [0.3, 0.4) is 0 Å². The molecule has 3 saturated heterocycles. The van der Waals surface area contributed by atoms with Crippen molar-refractivity contribution >= 4 is 5.97 Å². The van der Waals surface area contributed by atoms with Crippen LogP contribution in [-0.4, -0.2) is 53.0 Å². The van der Waals surface area contributed by atoms with Gasteiger partial charge in [-0.2, -0.15) is 0 Å². The number of esters is 1. The van der Waals surface area contributed by atoms with Gasteiger partial charge in [0.25, 0.3) is 0 Å². The average Bonchev–Trinajstić information content (AvgIpc) is 3.33. The van der Waals surface area contributed by atoms with Crippen LogP contribution >= 0.6 is 0 Å².